The van der Waals surface area contributed by atoms with E-state index in [1.54, 1.807) is 4.90 Å². The van der Waals surface area contributed by atoms with Gasteiger partial charge in [0.25, 0.3) is 0 Å². The lowest BCUT2D eigenvalue weighted by Crippen LogP contribution is -2.45. The van der Waals surface area contributed by atoms with Crippen LogP contribution in [0, 0.1) is 5.92 Å². The van der Waals surface area contributed by atoms with E-state index in [0.29, 0.717) is 32.1 Å². The van der Waals surface area contributed by atoms with Gasteiger partial charge in [-0.15, -0.1) is 0 Å². The lowest BCUT2D eigenvalue weighted by Gasteiger charge is -2.35. The standard InChI is InChI=1S/C32H39N3O3/c1-24(21-25-11-6-5-7-12-25)22-35(23-26-17-19-34(20-18-26)31(37)38-32(2,3)4)30(36)33-29-16-10-14-27-13-8-9-15-28(27)29/h5-16,21,26H,17-20,22-23H2,1-4H3,(H,33,36)/b24-21+. The van der Waals surface area contributed by atoms with E-state index in [-0.39, 0.29) is 12.1 Å². The van der Waals surface area contributed by atoms with Gasteiger partial charge in [-0.05, 0) is 63.5 Å². The fourth-order valence-corrected chi connectivity index (χ4v) is 4.86. The number of carbonyl (C=O) groups excluding carboxylic acids is 2. The molecule has 0 unspecified atom stereocenters. The highest BCUT2D eigenvalue weighted by atomic mass is 16.6. The van der Waals surface area contributed by atoms with Crippen molar-refractivity contribution in [3.8, 4) is 0 Å². The minimum atomic E-state index is -0.507. The molecule has 1 heterocycles. The molecule has 1 aliphatic heterocycles. The summed E-state index contributed by atoms with van der Waals surface area (Å²) in [5.41, 5.74) is 2.52. The van der Waals surface area contributed by atoms with Crippen LogP contribution in [0.5, 0.6) is 0 Å². The smallest absolute Gasteiger partial charge is 0.410 e. The van der Waals surface area contributed by atoms with Crippen LogP contribution in [0.15, 0.2) is 78.4 Å². The molecule has 0 atom stereocenters. The van der Waals surface area contributed by atoms with Gasteiger partial charge < -0.3 is 19.9 Å². The Morgan fingerprint density at radius 1 is 0.974 bits per heavy atom. The zero-order chi connectivity index (χ0) is 27.1. The van der Waals surface area contributed by atoms with E-state index in [0.717, 1.165) is 40.4 Å². The first kappa shape index (κ1) is 27.2. The highest BCUT2D eigenvalue weighted by Gasteiger charge is 2.29. The molecule has 0 radical (unpaired) electrons. The number of carbonyl (C=O) groups is 2. The lowest BCUT2D eigenvalue weighted by atomic mass is 9.96. The van der Waals surface area contributed by atoms with Crippen molar-refractivity contribution in [3.05, 3.63) is 83.9 Å². The molecular formula is C32H39N3O3. The molecule has 0 spiro atoms. The quantitative estimate of drug-likeness (QED) is 0.373. The number of anilines is 1. The van der Waals surface area contributed by atoms with E-state index in [2.05, 4.69) is 30.4 Å². The average Bonchev–Trinajstić information content (AvgIpc) is 2.88. The second-order valence-corrected chi connectivity index (χ2v) is 11.1. The average molecular weight is 514 g/mol. The zero-order valence-electron chi connectivity index (χ0n) is 22.9. The third-order valence-corrected chi connectivity index (χ3v) is 6.72. The molecule has 4 rings (SSSR count). The van der Waals surface area contributed by atoms with Gasteiger partial charge in [0, 0.05) is 31.6 Å². The van der Waals surface area contributed by atoms with Gasteiger partial charge >= 0.3 is 12.1 Å². The molecule has 3 aromatic rings. The van der Waals surface area contributed by atoms with Crippen LogP contribution in [0.2, 0.25) is 0 Å². The highest BCUT2D eigenvalue weighted by molar-refractivity contribution is 6.01. The summed E-state index contributed by atoms with van der Waals surface area (Å²) < 4.78 is 5.55. The molecule has 3 aromatic carbocycles. The zero-order valence-corrected chi connectivity index (χ0v) is 22.9. The van der Waals surface area contributed by atoms with E-state index < -0.39 is 5.60 Å². The number of rotatable bonds is 6. The van der Waals surface area contributed by atoms with Crippen molar-refractivity contribution in [1.29, 1.82) is 0 Å². The maximum Gasteiger partial charge on any atom is 0.410 e. The molecule has 0 saturated carbocycles. The molecule has 0 aromatic heterocycles. The molecule has 1 saturated heterocycles. The molecule has 1 aliphatic rings. The van der Waals surface area contributed by atoms with Crippen LogP contribution >= 0.6 is 0 Å². The molecule has 3 amide bonds. The number of urea groups is 1. The molecule has 6 heteroatoms. The highest BCUT2D eigenvalue weighted by Crippen LogP contribution is 2.25. The fourth-order valence-electron chi connectivity index (χ4n) is 4.86. The minimum absolute atomic E-state index is 0.114. The van der Waals surface area contributed by atoms with Crippen LogP contribution in [0.25, 0.3) is 16.8 Å². The number of fused-ring (bicyclic) bond motifs is 1. The number of hydrogen-bond donors (Lipinski definition) is 1. The van der Waals surface area contributed by atoms with Crippen molar-refractivity contribution in [1.82, 2.24) is 9.80 Å². The van der Waals surface area contributed by atoms with Gasteiger partial charge in [-0.1, -0.05) is 78.4 Å². The molecule has 0 aliphatic carbocycles. The third-order valence-electron chi connectivity index (χ3n) is 6.72. The van der Waals surface area contributed by atoms with Crippen LogP contribution in [0.3, 0.4) is 0 Å². The van der Waals surface area contributed by atoms with Gasteiger partial charge in [0.05, 0.1) is 5.69 Å². The Balaban J connectivity index is 1.47. The molecule has 1 fully saturated rings. The summed E-state index contributed by atoms with van der Waals surface area (Å²) in [7, 11) is 0. The van der Waals surface area contributed by atoms with Gasteiger partial charge in [0.2, 0.25) is 0 Å². The maximum atomic E-state index is 13.7. The first-order chi connectivity index (χ1) is 18.2. The summed E-state index contributed by atoms with van der Waals surface area (Å²) in [5.74, 6) is 0.302. The van der Waals surface area contributed by atoms with Crippen molar-refractivity contribution >= 4 is 34.7 Å². The van der Waals surface area contributed by atoms with Crippen molar-refractivity contribution in [2.45, 2.75) is 46.1 Å². The topological polar surface area (TPSA) is 61.9 Å². The summed E-state index contributed by atoms with van der Waals surface area (Å²) in [6, 6.07) is 24.1. The second-order valence-electron chi connectivity index (χ2n) is 11.1. The minimum Gasteiger partial charge on any atom is -0.444 e. The molecule has 38 heavy (non-hydrogen) atoms. The van der Waals surface area contributed by atoms with Crippen molar-refractivity contribution in [2.75, 3.05) is 31.5 Å². The summed E-state index contributed by atoms with van der Waals surface area (Å²) in [6.45, 7) is 10.1. The van der Waals surface area contributed by atoms with Gasteiger partial charge in [0.15, 0.2) is 0 Å². The lowest BCUT2D eigenvalue weighted by molar-refractivity contribution is 0.0175. The Bertz CT molecular complexity index is 1270. The molecule has 0 bridgehead atoms. The normalized spacial score (nSPS) is 14.8. The van der Waals surface area contributed by atoms with Gasteiger partial charge in [-0.25, -0.2) is 9.59 Å². The molecule has 1 N–H and O–H groups in total. The van der Waals surface area contributed by atoms with Crippen molar-refractivity contribution < 1.29 is 14.3 Å². The Morgan fingerprint density at radius 2 is 1.63 bits per heavy atom. The molecular weight excluding hydrogens is 474 g/mol. The largest absolute Gasteiger partial charge is 0.444 e. The van der Waals surface area contributed by atoms with Crippen LogP contribution < -0.4 is 5.32 Å². The van der Waals surface area contributed by atoms with Crippen molar-refractivity contribution in [2.24, 2.45) is 5.92 Å². The van der Waals surface area contributed by atoms with E-state index in [4.69, 9.17) is 4.74 Å². The Hall–Kier alpha value is -3.80. The van der Waals surface area contributed by atoms with E-state index >= 15 is 0 Å². The number of piperidine rings is 1. The predicted octanol–water partition coefficient (Wildman–Crippen LogP) is 7.42. The number of amides is 3. The predicted molar refractivity (Wildman–Crippen MR) is 155 cm³/mol. The van der Waals surface area contributed by atoms with E-state index in [1.165, 1.54) is 0 Å². The van der Waals surface area contributed by atoms with E-state index in [1.807, 2.05) is 86.3 Å². The number of nitrogens with one attached hydrogen (secondary N) is 1. The number of likely N-dealkylation sites (tertiary alicyclic amines) is 1. The monoisotopic (exact) mass is 513 g/mol. The number of ether oxygens (including phenoxy) is 1. The Morgan fingerprint density at radius 3 is 2.34 bits per heavy atom. The van der Waals surface area contributed by atoms with Crippen LogP contribution in [-0.4, -0.2) is 53.7 Å². The molecule has 200 valence electrons. The Labute approximate surface area is 226 Å². The summed E-state index contributed by atoms with van der Waals surface area (Å²) in [6.07, 6.45) is 3.53. The Kier molecular flexibility index (Phi) is 8.72. The van der Waals surface area contributed by atoms with Gasteiger partial charge in [0.1, 0.15) is 5.60 Å². The number of hydrogen-bond acceptors (Lipinski definition) is 3. The van der Waals surface area contributed by atoms with Gasteiger partial charge in [-0.2, -0.15) is 0 Å². The SMILES string of the molecule is C/C(=C\c1ccccc1)CN(CC1CCN(C(=O)OC(C)(C)C)CC1)C(=O)Nc1cccc2ccccc12. The van der Waals surface area contributed by atoms with E-state index in [9.17, 15) is 9.59 Å². The molecule has 6 nitrogen and oxygen atoms in total. The summed E-state index contributed by atoms with van der Waals surface area (Å²) in [5, 5.41) is 5.28. The number of benzene rings is 3. The van der Waals surface area contributed by atoms with Gasteiger partial charge in [-0.3, -0.25) is 0 Å². The van der Waals surface area contributed by atoms with Crippen LogP contribution in [0.4, 0.5) is 15.3 Å². The number of nitrogens with zero attached hydrogens (tertiary/aromatic N) is 2. The van der Waals surface area contributed by atoms with Crippen LogP contribution in [-0.2, 0) is 4.74 Å². The van der Waals surface area contributed by atoms with Crippen LogP contribution in [0.1, 0.15) is 46.1 Å². The summed E-state index contributed by atoms with van der Waals surface area (Å²) in [4.78, 5) is 29.8. The fraction of sp³-hybridized carbons (Fsp3) is 0.375. The third kappa shape index (κ3) is 7.60. The summed E-state index contributed by atoms with van der Waals surface area (Å²) >= 11 is 0. The first-order valence-corrected chi connectivity index (χ1v) is 13.4. The first-order valence-electron chi connectivity index (χ1n) is 13.4. The maximum absolute atomic E-state index is 13.7. The van der Waals surface area contributed by atoms with Crippen molar-refractivity contribution in [3.63, 3.8) is 0 Å². The second kappa shape index (κ2) is 12.2.